The Hall–Kier alpha value is -2.84. The number of nitrogens with one attached hydrogen (secondary N) is 1. The topological polar surface area (TPSA) is 72.3 Å². The summed E-state index contributed by atoms with van der Waals surface area (Å²) in [5.74, 6) is 0.792. The minimum absolute atomic E-state index is 0.0000939. The van der Waals surface area contributed by atoms with Crippen LogP contribution < -0.4 is 10.2 Å². The Bertz CT molecular complexity index is 1080. The number of nitrogens with zero attached hydrogens (tertiary/aromatic N) is 4. The van der Waals surface area contributed by atoms with E-state index in [1.807, 2.05) is 37.3 Å². The monoisotopic (exact) mass is 479 g/mol. The second-order valence-corrected chi connectivity index (χ2v) is 9.83. The lowest BCUT2D eigenvalue weighted by atomic mass is 10.0. The molecule has 0 aliphatic carbocycles. The molecule has 1 aliphatic rings. The number of carbonyl (C=O) groups is 1. The summed E-state index contributed by atoms with van der Waals surface area (Å²) in [6, 6.07) is 18.4. The van der Waals surface area contributed by atoms with Gasteiger partial charge >= 0.3 is 0 Å². The highest BCUT2D eigenvalue weighted by Gasteiger charge is 2.26. The summed E-state index contributed by atoms with van der Waals surface area (Å²) in [6.45, 7) is 9.01. The van der Waals surface area contributed by atoms with E-state index < -0.39 is 0 Å². The zero-order chi connectivity index (χ0) is 23.9. The smallest absolute Gasteiger partial charge is 0.233 e. The van der Waals surface area contributed by atoms with Crippen LogP contribution in [0, 0.1) is 6.92 Å². The average Bonchev–Trinajstić information content (AvgIpc) is 3.28. The van der Waals surface area contributed by atoms with Gasteiger partial charge in [-0.3, -0.25) is 9.36 Å². The Morgan fingerprint density at radius 3 is 2.50 bits per heavy atom. The molecule has 2 heterocycles. The summed E-state index contributed by atoms with van der Waals surface area (Å²) in [4.78, 5) is 15.4. The first-order chi connectivity index (χ1) is 16.6. The van der Waals surface area contributed by atoms with Gasteiger partial charge in [0.05, 0.1) is 30.2 Å². The Labute approximate surface area is 205 Å². The van der Waals surface area contributed by atoms with Crippen molar-refractivity contribution >= 4 is 23.6 Å². The number of amides is 1. The molecule has 2 aromatic carbocycles. The Morgan fingerprint density at radius 1 is 1.09 bits per heavy atom. The molecule has 0 radical (unpaired) electrons. The van der Waals surface area contributed by atoms with Crippen molar-refractivity contribution < 1.29 is 9.53 Å². The molecule has 180 valence electrons. The standard InChI is InChI=1S/C26H33N5O2S/c1-4-10-22(21-12-6-5-7-13-21)27-24(32)20(3)34-26-29-28-25(30-15-17-33-18-16-30)31(26)23-14-9-8-11-19(23)2/h5-9,11-14,20,22H,4,10,15-18H2,1-3H3,(H,27,32). The molecule has 2 unspecified atom stereocenters. The molecule has 1 aromatic heterocycles. The first kappa shape index (κ1) is 24.3. The van der Waals surface area contributed by atoms with Crippen molar-refractivity contribution in [3.05, 3.63) is 65.7 Å². The van der Waals surface area contributed by atoms with Gasteiger partial charge in [-0.1, -0.05) is 73.6 Å². The highest BCUT2D eigenvalue weighted by Crippen LogP contribution is 2.31. The van der Waals surface area contributed by atoms with Crippen LogP contribution in [0.5, 0.6) is 0 Å². The van der Waals surface area contributed by atoms with Gasteiger partial charge in [0.2, 0.25) is 11.9 Å². The number of rotatable bonds is 9. The number of anilines is 1. The van der Waals surface area contributed by atoms with Gasteiger partial charge in [0.15, 0.2) is 5.16 Å². The molecule has 1 fully saturated rings. The Kier molecular flexibility index (Phi) is 8.24. The number of aromatic nitrogens is 3. The lowest BCUT2D eigenvalue weighted by Gasteiger charge is -2.28. The van der Waals surface area contributed by atoms with Crippen LogP contribution in [0.25, 0.3) is 5.69 Å². The molecule has 3 aromatic rings. The van der Waals surface area contributed by atoms with E-state index >= 15 is 0 Å². The number of thioether (sulfide) groups is 1. The van der Waals surface area contributed by atoms with Gasteiger partial charge in [0.1, 0.15) is 0 Å². The van der Waals surface area contributed by atoms with Crippen LogP contribution >= 0.6 is 11.8 Å². The SMILES string of the molecule is CCCC(NC(=O)C(C)Sc1nnc(N2CCOCC2)n1-c1ccccc1C)c1ccccc1. The fourth-order valence-corrected chi connectivity index (χ4v) is 4.99. The molecule has 4 rings (SSSR count). The molecule has 1 amide bonds. The molecule has 34 heavy (non-hydrogen) atoms. The van der Waals surface area contributed by atoms with Crippen LogP contribution in [0.2, 0.25) is 0 Å². The maximum Gasteiger partial charge on any atom is 0.233 e. The van der Waals surface area contributed by atoms with Crippen molar-refractivity contribution in [2.45, 2.75) is 50.1 Å². The first-order valence-electron chi connectivity index (χ1n) is 11.9. The van der Waals surface area contributed by atoms with Crippen LogP contribution in [0.4, 0.5) is 5.95 Å². The molecule has 2 atom stereocenters. The molecule has 8 heteroatoms. The normalized spacial score (nSPS) is 15.7. The van der Waals surface area contributed by atoms with Crippen molar-refractivity contribution in [3.63, 3.8) is 0 Å². The van der Waals surface area contributed by atoms with E-state index in [1.165, 1.54) is 11.8 Å². The van der Waals surface area contributed by atoms with Gasteiger partial charge in [-0.05, 0) is 37.5 Å². The van der Waals surface area contributed by atoms with Gasteiger partial charge in [-0.25, -0.2) is 0 Å². The second kappa shape index (κ2) is 11.5. The van der Waals surface area contributed by atoms with Crippen molar-refractivity contribution in [2.75, 3.05) is 31.2 Å². The Balaban J connectivity index is 1.57. The fourth-order valence-electron chi connectivity index (χ4n) is 4.13. The van der Waals surface area contributed by atoms with Crippen LogP contribution in [-0.2, 0) is 9.53 Å². The van der Waals surface area contributed by atoms with Gasteiger partial charge in [0, 0.05) is 13.1 Å². The predicted molar refractivity (Wildman–Crippen MR) is 137 cm³/mol. The third-order valence-electron chi connectivity index (χ3n) is 6.01. The summed E-state index contributed by atoms with van der Waals surface area (Å²) < 4.78 is 7.61. The molecule has 0 bridgehead atoms. The number of carbonyl (C=O) groups excluding carboxylic acids is 1. The van der Waals surface area contributed by atoms with Gasteiger partial charge in [-0.15, -0.1) is 10.2 Å². The summed E-state index contributed by atoms with van der Waals surface area (Å²) in [7, 11) is 0. The zero-order valence-electron chi connectivity index (χ0n) is 20.1. The molecule has 7 nitrogen and oxygen atoms in total. The third kappa shape index (κ3) is 5.62. The molecule has 0 saturated carbocycles. The number of hydrogen-bond acceptors (Lipinski definition) is 6. The van der Waals surface area contributed by atoms with Crippen LogP contribution in [-0.4, -0.2) is 52.2 Å². The number of benzene rings is 2. The summed E-state index contributed by atoms with van der Waals surface area (Å²) in [5.41, 5.74) is 3.28. The van der Waals surface area contributed by atoms with Crippen LogP contribution in [0.15, 0.2) is 59.8 Å². The van der Waals surface area contributed by atoms with Crippen molar-refractivity contribution in [1.82, 2.24) is 20.1 Å². The number of aryl methyl sites for hydroxylation is 1. The van der Waals surface area contributed by atoms with E-state index in [9.17, 15) is 4.79 Å². The zero-order valence-corrected chi connectivity index (χ0v) is 20.9. The summed E-state index contributed by atoms with van der Waals surface area (Å²) in [5, 5.41) is 12.7. The van der Waals surface area contributed by atoms with Crippen molar-refractivity contribution in [1.29, 1.82) is 0 Å². The summed E-state index contributed by atoms with van der Waals surface area (Å²) >= 11 is 1.44. The van der Waals surface area contributed by atoms with Crippen LogP contribution in [0.3, 0.4) is 0 Å². The highest BCUT2D eigenvalue weighted by molar-refractivity contribution is 8.00. The largest absolute Gasteiger partial charge is 0.378 e. The average molecular weight is 480 g/mol. The predicted octanol–water partition coefficient (Wildman–Crippen LogP) is 4.55. The lowest BCUT2D eigenvalue weighted by molar-refractivity contribution is -0.121. The quantitative estimate of drug-likeness (QED) is 0.454. The van der Waals surface area contributed by atoms with Gasteiger partial charge in [0.25, 0.3) is 0 Å². The van der Waals surface area contributed by atoms with Crippen molar-refractivity contribution in [2.24, 2.45) is 0 Å². The second-order valence-electron chi connectivity index (χ2n) is 8.52. The number of para-hydroxylation sites is 1. The van der Waals surface area contributed by atoms with E-state index in [0.717, 1.165) is 48.7 Å². The molecule has 1 aliphatic heterocycles. The van der Waals surface area contributed by atoms with Crippen molar-refractivity contribution in [3.8, 4) is 5.69 Å². The number of morpholine rings is 1. The van der Waals surface area contributed by atoms with E-state index in [4.69, 9.17) is 4.74 Å². The van der Waals surface area contributed by atoms with Gasteiger partial charge in [-0.2, -0.15) is 0 Å². The highest BCUT2D eigenvalue weighted by atomic mass is 32.2. The summed E-state index contributed by atoms with van der Waals surface area (Å²) in [6.07, 6.45) is 1.89. The minimum Gasteiger partial charge on any atom is -0.378 e. The fraction of sp³-hybridized carbons (Fsp3) is 0.423. The maximum absolute atomic E-state index is 13.2. The Morgan fingerprint density at radius 2 is 1.79 bits per heavy atom. The third-order valence-corrected chi connectivity index (χ3v) is 7.06. The van der Waals surface area contributed by atoms with E-state index in [1.54, 1.807) is 0 Å². The number of ether oxygens (including phenoxy) is 1. The number of hydrogen-bond donors (Lipinski definition) is 1. The van der Waals surface area contributed by atoms with Gasteiger partial charge < -0.3 is 15.0 Å². The molecule has 0 spiro atoms. The molecule has 1 N–H and O–H groups in total. The van der Waals surface area contributed by atoms with E-state index in [-0.39, 0.29) is 17.2 Å². The lowest BCUT2D eigenvalue weighted by Crippen LogP contribution is -2.38. The maximum atomic E-state index is 13.2. The van der Waals surface area contributed by atoms with Crippen LogP contribution in [0.1, 0.15) is 43.9 Å². The minimum atomic E-state index is -0.326. The van der Waals surface area contributed by atoms with E-state index in [0.29, 0.717) is 18.4 Å². The van der Waals surface area contributed by atoms with E-state index in [2.05, 4.69) is 63.1 Å². The first-order valence-corrected chi connectivity index (χ1v) is 12.8. The molecular formula is C26H33N5O2S. The molecular weight excluding hydrogens is 446 g/mol. The molecule has 1 saturated heterocycles.